The Hall–Kier alpha value is -2.36. The number of allylic oxidation sites excluding steroid dienone is 9. The Bertz CT molecular complexity index is 896. The summed E-state index contributed by atoms with van der Waals surface area (Å²) in [5.41, 5.74) is 0. The first kappa shape index (κ1) is 48.6. The lowest BCUT2D eigenvalue weighted by molar-refractivity contribution is -0.147. The molecule has 1 atom stereocenters. The molecule has 0 aromatic rings. The Morgan fingerprint density at radius 1 is 0.471 bits per heavy atom. The van der Waals surface area contributed by atoms with Crippen molar-refractivity contribution in [2.75, 3.05) is 0 Å². The van der Waals surface area contributed by atoms with E-state index >= 15 is 0 Å². The van der Waals surface area contributed by atoms with E-state index in [4.69, 9.17) is 9.84 Å². The van der Waals surface area contributed by atoms with Gasteiger partial charge in [-0.15, -0.1) is 0 Å². The first-order valence-electron chi connectivity index (χ1n) is 21.8. The predicted octanol–water partition coefficient (Wildman–Crippen LogP) is 15.3. The lowest BCUT2D eigenvalue weighted by Gasteiger charge is -2.15. The maximum Gasteiger partial charge on any atom is 0.306 e. The quantitative estimate of drug-likeness (QED) is 0.0392. The molecule has 1 N–H and O–H groups in total. The minimum atomic E-state index is -0.700. The van der Waals surface area contributed by atoms with Crippen LogP contribution in [0.3, 0.4) is 0 Å². The van der Waals surface area contributed by atoms with Gasteiger partial charge in [-0.25, -0.2) is 0 Å². The van der Waals surface area contributed by atoms with Gasteiger partial charge in [0.25, 0.3) is 0 Å². The van der Waals surface area contributed by atoms with Crippen molar-refractivity contribution in [3.8, 4) is 0 Å². The highest BCUT2D eigenvalue weighted by atomic mass is 16.5. The normalized spacial score (nSPS) is 12.8. The molecule has 0 aromatic heterocycles. The Morgan fingerprint density at radius 3 is 1.39 bits per heavy atom. The molecule has 0 aliphatic heterocycles. The van der Waals surface area contributed by atoms with Crippen LogP contribution in [-0.2, 0) is 14.3 Å². The summed E-state index contributed by atoms with van der Waals surface area (Å²) < 4.78 is 5.94. The third-order valence-corrected chi connectivity index (χ3v) is 9.46. The average molecular weight is 711 g/mol. The van der Waals surface area contributed by atoms with Gasteiger partial charge in [0.2, 0.25) is 0 Å². The number of carboxylic acids is 1. The van der Waals surface area contributed by atoms with Gasteiger partial charge in [-0.3, -0.25) is 9.59 Å². The maximum atomic E-state index is 12.7. The van der Waals surface area contributed by atoms with Crippen LogP contribution in [0.4, 0.5) is 0 Å². The Morgan fingerprint density at radius 2 is 0.882 bits per heavy atom. The SMILES string of the molecule is CC/C=C\C/C=C\C/C=C\C/C=C\CCCCCCCCCCCCC(=O)OC(/C=C\CCCCCCCCC)CCCCCCCCC(=O)O. The summed E-state index contributed by atoms with van der Waals surface area (Å²) in [6.45, 7) is 4.43. The fourth-order valence-electron chi connectivity index (χ4n) is 6.26. The molecule has 0 spiro atoms. The first-order chi connectivity index (χ1) is 25.1. The average Bonchev–Trinajstić information content (AvgIpc) is 3.12. The van der Waals surface area contributed by atoms with Crippen LogP contribution < -0.4 is 0 Å². The zero-order chi connectivity index (χ0) is 37.1. The van der Waals surface area contributed by atoms with E-state index in [0.29, 0.717) is 6.42 Å². The monoisotopic (exact) mass is 711 g/mol. The van der Waals surface area contributed by atoms with Crippen molar-refractivity contribution in [1.29, 1.82) is 0 Å². The number of ether oxygens (including phenoxy) is 1. The van der Waals surface area contributed by atoms with Crippen molar-refractivity contribution >= 4 is 11.9 Å². The van der Waals surface area contributed by atoms with Gasteiger partial charge in [0.05, 0.1) is 0 Å². The molecule has 1 unspecified atom stereocenters. The van der Waals surface area contributed by atoms with Crippen LogP contribution >= 0.6 is 0 Å². The molecule has 0 aliphatic carbocycles. The van der Waals surface area contributed by atoms with Crippen LogP contribution in [0.1, 0.15) is 219 Å². The van der Waals surface area contributed by atoms with Gasteiger partial charge in [-0.05, 0) is 83.1 Å². The van der Waals surface area contributed by atoms with E-state index in [1.54, 1.807) is 0 Å². The van der Waals surface area contributed by atoms with Crippen LogP contribution in [0.2, 0.25) is 0 Å². The number of hydrogen-bond acceptors (Lipinski definition) is 3. The number of carbonyl (C=O) groups is 2. The van der Waals surface area contributed by atoms with Crippen molar-refractivity contribution in [1.82, 2.24) is 0 Å². The van der Waals surface area contributed by atoms with Crippen molar-refractivity contribution in [2.24, 2.45) is 0 Å². The highest BCUT2D eigenvalue weighted by Crippen LogP contribution is 2.16. The Balaban J connectivity index is 3.95. The van der Waals surface area contributed by atoms with Crippen LogP contribution in [0.25, 0.3) is 0 Å². The minimum Gasteiger partial charge on any atom is -0.481 e. The summed E-state index contributed by atoms with van der Waals surface area (Å²) in [5.74, 6) is -0.742. The third kappa shape index (κ3) is 41.9. The highest BCUT2D eigenvalue weighted by Gasteiger charge is 2.11. The molecular formula is C47H82O4. The van der Waals surface area contributed by atoms with Gasteiger partial charge in [0, 0.05) is 12.8 Å². The second-order valence-electron chi connectivity index (χ2n) is 14.5. The Labute approximate surface area is 316 Å². The van der Waals surface area contributed by atoms with Crippen molar-refractivity contribution in [2.45, 2.75) is 225 Å². The number of unbranched alkanes of at least 4 members (excludes halogenated alkanes) is 22. The molecule has 0 rings (SSSR count). The smallest absolute Gasteiger partial charge is 0.306 e. The fourth-order valence-corrected chi connectivity index (χ4v) is 6.26. The van der Waals surface area contributed by atoms with Crippen LogP contribution in [0, 0.1) is 0 Å². The van der Waals surface area contributed by atoms with Gasteiger partial charge in [-0.1, -0.05) is 184 Å². The fraction of sp³-hybridized carbons (Fsp3) is 0.745. The first-order valence-corrected chi connectivity index (χ1v) is 21.8. The van der Waals surface area contributed by atoms with E-state index in [1.165, 1.54) is 103 Å². The Kier molecular flexibility index (Phi) is 40.1. The van der Waals surface area contributed by atoms with Gasteiger partial charge >= 0.3 is 11.9 Å². The molecule has 4 heteroatoms. The molecule has 0 aliphatic rings. The van der Waals surface area contributed by atoms with Crippen LogP contribution in [0.15, 0.2) is 60.8 Å². The largest absolute Gasteiger partial charge is 0.481 e. The van der Waals surface area contributed by atoms with E-state index in [0.717, 1.165) is 89.9 Å². The topological polar surface area (TPSA) is 63.6 Å². The van der Waals surface area contributed by atoms with Gasteiger partial charge in [0.15, 0.2) is 0 Å². The zero-order valence-corrected chi connectivity index (χ0v) is 33.7. The molecule has 0 fully saturated rings. The highest BCUT2D eigenvalue weighted by molar-refractivity contribution is 5.69. The second-order valence-corrected chi connectivity index (χ2v) is 14.5. The van der Waals surface area contributed by atoms with Crippen LogP contribution in [-0.4, -0.2) is 23.1 Å². The summed E-state index contributed by atoms with van der Waals surface area (Å²) in [6, 6.07) is 0. The predicted molar refractivity (Wildman–Crippen MR) is 222 cm³/mol. The van der Waals surface area contributed by atoms with Gasteiger partial charge in [0.1, 0.15) is 6.10 Å². The number of carbonyl (C=O) groups excluding carboxylic acids is 1. The molecule has 0 amide bonds. The number of carboxylic acid groups (broad SMARTS) is 1. The second kappa shape index (κ2) is 42.1. The lowest BCUT2D eigenvalue weighted by Crippen LogP contribution is -2.16. The van der Waals surface area contributed by atoms with E-state index in [2.05, 4.69) is 74.6 Å². The van der Waals surface area contributed by atoms with E-state index in [9.17, 15) is 9.59 Å². The number of aliphatic carboxylic acids is 1. The van der Waals surface area contributed by atoms with E-state index < -0.39 is 5.97 Å². The number of hydrogen-bond donors (Lipinski definition) is 1. The molecular weight excluding hydrogens is 629 g/mol. The number of esters is 1. The standard InChI is InChI=1S/C47H82O4/c1-3-5-7-9-11-13-14-15-16-17-18-19-20-21-22-23-24-25-26-28-30-36-40-44-47(50)51-45(41-37-33-29-27-12-10-8-6-4-2)42-38-34-31-32-35-39-43-46(48)49/h5,7,11,13,15-16,18-19,37,41,45H,3-4,6,8-10,12,14,17,20-36,38-40,42-44H2,1-2H3,(H,48,49)/b7-5-,13-11-,16-15-,19-18-,41-37-. The molecule has 294 valence electrons. The summed E-state index contributed by atoms with van der Waals surface area (Å²) in [4.78, 5) is 23.4. The molecule has 0 heterocycles. The maximum absolute atomic E-state index is 12.7. The molecule has 0 saturated heterocycles. The molecule has 4 nitrogen and oxygen atoms in total. The van der Waals surface area contributed by atoms with Crippen molar-refractivity contribution in [3.63, 3.8) is 0 Å². The minimum absolute atomic E-state index is 0.0421. The van der Waals surface area contributed by atoms with Gasteiger partial charge < -0.3 is 9.84 Å². The molecule has 0 bridgehead atoms. The third-order valence-electron chi connectivity index (χ3n) is 9.46. The van der Waals surface area contributed by atoms with Crippen molar-refractivity contribution in [3.05, 3.63) is 60.8 Å². The summed E-state index contributed by atoms with van der Waals surface area (Å²) >= 11 is 0. The van der Waals surface area contributed by atoms with E-state index in [1.807, 2.05) is 0 Å². The summed E-state index contributed by atoms with van der Waals surface area (Å²) in [6.07, 6.45) is 58.4. The molecule has 0 aromatic carbocycles. The van der Waals surface area contributed by atoms with Gasteiger partial charge in [-0.2, -0.15) is 0 Å². The van der Waals surface area contributed by atoms with Crippen molar-refractivity contribution < 1.29 is 19.4 Å². The zero-order valence-electron chi connectivity index (χ0n) is 33.7. The van der Waals surface area contributed by atoms with Crippen LogP contribution in [0.5, 0.6) is 0 Å². The summed E-state index contributed by atoms with van der Waals surface area (Å²) in [7, 11) is 0. The van der Waals surface area contributed by atoms with E-state index in [-0.39, 0.29) is 18.5 Å². The summed E-state index contributed by atoms with van der Waals surface area (Å²) in [5, 5.41) is 8.79. The molecule has 0 radical (unpaired) electrons. The lowest BCUT2D eigenvalue weighted by atomic mass is 10.0. The number of rotatable bonds is 39. The molecule has 51 heavy (non-hydrogen) atoms. The molecule has 0 saturated carbocycles.